The molecule has 1 aromatic carbocycles. The Labute approximate surface area is 118 Å². The number of benzene rings is 1. The maximum atomic E-state index is 5.40. The first-order valence-electron chi connectivity index (χ1n) is 5.20. The highest BCUT2D eigenvalue weighted by atomic mass is 127. The Bertz CT molecular complexity index is 406. The quantitative estimate of drug-likeness (QED) is 0.622. The van der Waals surface area contributed by atoms with E-state index in [4.69, 9.17) is 4.74 Å². The van der Waals surface area contributed by atoms with Crippen LogP contribution in [0.4, 0.5) is 5.69 Å². The van der Waals surface area contributed by atoms with Crippen molar-refractivity contribution in [2.75, 3.05) is 25.1 Å². The molecule has 2 nitrogen and oxygen atoms in total. The van der Waals surface area contributed by atoms with Crippen molar-refractivity contribution in [2.45, 2.75) is 6.42 Å². The highest BCUT2D eigenvalue weighted by molar-refractivity contribution is 14.1. The summed E-state index contributed by atoms with van der Waals surface area (Å²) in [4.78, 5) is 0. The van der Waals surface area contributed by atoms with Crippen LogP contribution < -0.4 is 5.32 Å². The maximum Gasteiger partial charge on any atom is 0.0693 e. The van der Waals surface area contributed by atoms with E-state index >= 15 is 0 Å². The van der Waals surface area contributed by atoms with Crippen LogP contribution in [0.1, 0.15) is 6.42 Å². The summed E-state index contributed by atoms with van der Waals surface area (Å²) in [5, 5.41) is 3.41. The minimum Gasteiger partial charge on any atom is -0.381 e. The molecule has 0 aliphatic carbocycles. The fourth-order valence-corrected chi connectivity index (χ4v) is 2.32. The molecule has 16 heavy (non-hydrogen) atoms. The summed E-state index contributed by atoms with van der Waals surface area (Å²) in [6.45, 7) is 2.50. The van der Waals surface area contributed by atoms with Crippen molar-refractivity contribution < 1.29 is 4.74 Å². The van der Waals surface area contributed by atoms with E-state index in [1.807, 2.05) is 0 Å². The fourth-order valence-electron chi connectivity index (χ4n) is 1.55. The van der Waals surface area contributed by atoms with Gasteiger partial charge in [0.25, 0.3) is 0 Å². The largest absolute Gasteiger partial charge is 0.381 e. The number of anilines is 1. The number of nitrogens with one attached hydrogen (secondary N) is 1. The Morgan fingerprint density at radius 1 is 1.44 bits per heavy atom. The SMILES string of the molecule is Brc1ccc(NCC2=CCCOC2)cc1I. The highest BCUT2D eigenvalue weighted by Gasteiger charge is 2.04. The molecule has 0 spiro atoms. The van der Waals surface area contributed by atoms with Crippen molar-refractivity contribution in [3.63, 3.8) is 0 Å². The van der Waals surface area contributed by atoms with E-state index in [1.165, 1.54) is 9.14 Å². The van der Waals surface area contributed by atoms with Crippen LogP contribution in [0.3, 0.4) is 0 Å². The number of rotatable bonds is 3. The number of hydrogen-bond donors (Lipinski definition) is 1. The van der Waals surface area contributed by atoms with Crippen LogP contribution in [-0.2, 0) is 4.74 Å². The molecule has 0 amide bonds. The van der Waals surface area contributed by atoms with E-state index in [-0.39, 0.29) is 0 Å². The number of ether oxygens (including phenoxy) is 1. The fraction of sp³-hybridized carbons (Fsp3) is 0.333. The number of halogens is 2. The van der Waals surface area contributed by atoms with Gasteiger partial charge in [-0.25, -0.2) is 0 Å². The monoisotopic (exact) mass is 393 g/mol. The van der Waals surface area contributed by atoms with Gasteiger partial charge in [0.05, 0.1) is 13.2 Å². The maximum absolute atomic E-state index is 5.40. The van der Waals surface area contributed by atoms with Crippen molar-refractivity contribution in [1.82, 2.24) is 0 Å². The molecule has 0 fully saturated rings. The van der Waals surface area contributed by atoms with Crippen molar-refractivity contribution in [2.24, 2.45) is 0 Å². The van der Waals surface area contributed by atoms with E-state index < -0.39 is 0 Å². The van der Waals surface area contributed by atoms with Gasteiger partial charge in [0.1, 0.15) is 0 Å². The van der Waals surface area contributed by atoms with Crippen LogP contribution in [0.25, 0.3) is 0 Å². The van der Waals surface area contributed by atoms with Crippen molar-refractivity contribution >= 4 is 44.2 Å². The van der Waals surface area contributed by atoms with E-state index in [0.29, 0.717) is 0 Å². The Morgan fingerprint density at radius 3 is 3.00 bits per heavy atom. The van der Waals surface area contributed by atoms with E-state index in [9.17, 15) is 0 Å². The summed E-state index contributed by atoms with van der Waals surface area (Å²) in [6.07, 6.45) is 3.30. The van der Waals surface area contributed by atoms with Gasteiger partial charge >= 0.3 is 0 Å². The van der Waals surface area contributed by atoms with Crippen LogP contribution in [0.2, 0.25) is 0 Å². The molecule has 0 saturated carbocycles. The van der Waals surface area contributed by atoms with E-state index in [1.54, 1.807) is 0 Å². The van der Waals surface area contributed by atoms with Gasteiger partial charge in [-0.1, -0.05) is 6.08 Å². The third kappa shape index (κ3) is 3.46. The second-order valence-electron chi connectivity index (χ2n) is 3.69. The third-order valence-electron chi connectivity index (χ3n) is 2.42. The molecule has 0 aromatic heterocycles. The molecule has 86 valence electrons. The first kappa shape index (κ1) is 12.4. The Hall–Kier alpha value is -0.0700. The summed E-state index contributed by atoms with van der Waals surface area (Å²) >= 11 is 5.81. The molecule has 1 aliphatic heterocycles. The summed E-state index contributed by atoms with van der Waals surface area (Å²) in [5.41, 5.74) is 2.49. The van der Waals surface area contributed by atoms with Crippen LogP contribution in [-0.4, -0.2) is 19.8 Å². The summed E-state index contributed by atoms with van der Waals surface area (Å²) in [7, 11) is 0. The van der Waals surface area contributed by atoms with Crippen LogP contribution in [0, 0.1) is 3.57 Å². The minimum atomic E-state index is 0.765. The van der Waals surface area contributed by atoms with E-state index in [0.717, 1.165) is 36.3 Å². The van der Waals surface area contributed by atoms with Crippen molar-refractivity contribution in [3.05, 3.63) is 37.9 Å². The lowest BCUT2D eigenvalue weighted by molar-refractivity contribution is 0.150. The topological polar surface area (TPSA) is 21.3 Å². The number of hydrogen-bond acceptors (Lipinski definition) is 2. The van der Waals surface area contributed by atoms with Gasteiger partial charge in [0.2, 0.25) is 0 Å². The molecule has 1 N–H and O–H groups in total. The van der Waals surface area contributed by atoms with Crippen molar-refractivity contribution in [3.8, 4) is 0 Å². The first-order chi connectivity index (χ1) is 7.75. The van der Waals surface area contributed by atoms with Crippen LogP contribution in [0.5, 0.6) is 0 Å². The highest BCUT2D eigenvalue weighted by Crippen LogP contribution is 2.22. The molecule has 2 rings (SSSR count). The second-order valence-corrected chi connectivity index (χ2v) is 5.70. The average Bonchev–Trinajstić information content (AvgIpc) is 2.32. The van der Waals surface area contributed by atoms with Gasteiger partial charge in [-0.15, -0.1) is 0 Å². The van der Waals surface area contributed by atoms with Gasteiger partial charge in [-0.05, 0) is 68.7 Å². The lowest BCUT2D eigenvalue weighted by Gasteiger charge is -2.15. The molecule has 1 heterocycles. The van der Waals surface area contributed by atoms with Gasteiger partial charge in [-0.3, -0.25) is 0 Å². The Balaban J connectivity index is 1.94. The second kappa shape index (κ2) is 6.02. The molecule has 1 aliphatic rings. The lowest BCUT2D eigenvalue weighted by Crippen LogP contribution is -2.14. The van der Waals surface area contributed by atoms with Gasteiger partial charge < -0.3 is 10.1 Å². The molecular weight excluding hydrogens is 381 g/mol. The summed E-state index contributed by atoms with van der Waals surface area (Å²) in [5.74, 6) is 0. The van der Waals surface area contributed by atoms with Crippen LogP contribution >= 0.6 is 38.5 Å². The van der Waals surface area contributed by atoms with Crippen molar-refractivity contribution in [1.29, 1.82) is 0 Å². The zero-order valence-electron chi connectivity index (χ0n) is 8.80. The van der Waals surface area contributed by atoms with Gasteiger partial charge in [-0.2, -0.15) is 0 Å². The Kier molecular flexibility index (Phi) is 4.66. The summed E-state index contributed by atoms with van der Waals surface area (Å²) in [6, 6.07) is 6.28. The molecule has 0 bridgehead atoms. The molecule has 0 unspecified atom stereocenters. The van der Waals surface area contributed by atoms with E-state index in [2.05, 4.69) is 68.1 Å². The average molecular weight is 394 g/mol. The standard InChI is InChI=1S/C12H13BrINO/c13-11-4-3-10(6-12(11)14)15-7-9-2-1-5-16-8-9/h2-4,6,15H,1,5,7-8H2. The minimum absolute atomic E-state index is 0.765. The lowest BCUT2D eigenvalue weighted by atomic mass is 10.2. The normalized spacial score (nSPS) is 15.8. The first-order valence-corrected chi connectivity index (χ1v) is 7.07. The predicted octanol–water partition coefficient (Wildman–Crippen LogP) is 3.81. The molecule has 0 saturated heterocycles. The zero-order chi connectivity index (χ0) is 11.4. The van der Waals surface area contributed by atoms with Gasteiger partial charge in [0.15, 0.2) is 0 Å². The molecule has 1 aromatic rings. The molecule has 0 radical (unpaired) electrons. The Morgan fingerprint density at radius 2 is 2.31 bits per heavy atom. The third-order valence-corrected chi connectivity index (χ3v) is 4.75. The molecule has 4 heteroatoms. The smallest absolute Gasteiger partial charge is 0.0693 e. The van der Waals surface area contributed by atoms with Gasteiger partial charge in [0, 0.05) is 20.3 Å². The zero-order valence-corrected chi connectivity index (χ0v) is 12.5. The predicted molar refractivity (Wildman–Crippen MR) is 78.9 cm³/mol. The van der Waals surface area contributed by atoms with Crippen LogP contribution in [0.15, 0.2) is 34.3 Å². The molecule has 0 atom stereocenters. The summed E-state index contributed by atoms with van der Waals surface area (Å²) < 4.78 is 7.75. The molecular formula is C12H13BrINO.